The maximum absolute atomic E-state index is 5.28. The van der Waals surface area contributed by atoms with E-state index in [1.54, 1.807) is 36.1 Å². The molecular formula is C32H26N12S3. The third-order valence-corrected chi connectivity index (χ3v) is 11.3. The van der Waals surface area contributed by atoms with Crippen molar-refractivity contribution in [1.29, 1.82) is 0 Å². The summed E-state index contributed by atoms with van der Waals surface area (Å²) in [7, 11) is 0. The van der Waals surface area contributed by atoms with Crippen molar-refractivity contribution in [1.82, 2.24) is 50.4 Å². The highest BCUT2D eigenvalue weighted by atomic mass is 32.2. The average molecular weight is 675 g/mol. The van der Waals surface area contributed by atoms with Crippen LogP contribution in [-0.2, 0) is 5.54 Å². The second-order valence-corrected chi connectivity index (χ2v) is 14.0. The van der Waals surface area contributed by atoms with Gasteiger partial charge < -0.3 is 10.3 Å². The Hall–Kier alpha value is -4.96. The first-order chi connectivity index (χ1) is 23.3. The van der Waals surface area contributed by atoms with Gasteiger partial charge in [0.05, 0.1) is 33.4 Å². The van der Waals surface area contributed by atoms with Crippen LogP contribution in [0.1, 0.15) is 28.3 Å². The van der Waals surface area contributed by atoms with Gasteiger partial charge in [-0.2, -0.15) is 5.10 Å². The Morgan fingerprint density at radius 1 is 0.851 bits per heavy atom. The van der Waals surface area contributed by atoms with Crippen LogP contribution in [0.2, 0.25) is 0 Å². The molecule has 0 aliphatic carbocycles. The first kappa shape index (κ1) is 28.3. The van der Waals surface area contributed by atoms with Gasteiger partial charge in [0.15, 0.2) is 11.4 Å². The molecule has 2 aliphatic heterocycles. The van der Waals surface area contributed by atoms with Crippen molar-refractivity contribution in [2.75, 3.05) is 22.3 Å². The quantitative estimate of drug-likeness (QED) is 0.200. The second-order valence-electron chi connectivity index (χ2n) is 10.8. The van der Waals surface area contributed by atoms with Crippen LogP contribution < -0.4 is 15.3 Å². The number of imidazole rings is 1. The van der Waals surface area contributed by atoms with Crippen molar-refractivity contribution in [2.24, 2.45) is 0 Å². The van der Waals surface area contributed by atoms with E-state index in [4.69, 9.17) is 29.9 Å². The fourth-order valence-electron chi connectivity index (χ4n) is 6.58. The molecule has 1 saturated heterocycles. The fraction of sp³-hybridized carbons (Fsp3) is 0.156. The smallest absolute Gasteiger partial charge is 0.209 e. The van der Waals surface area contributed by atoms with E-state index in [1.165, 1.54) is 11.3 Å². The van der Waals surface area contributed by atoms with E-state index in [-0.39, 0.29) is 5.37 Å². The molecule has 6 aromatic heterocycles. The van der Waals surface area contributed by atoms with Crippen LogP contribution in [-0.4, -0.2) is 62.8 Å². The van der Waals surface area contributed by atoms with Gasteiger partial charge in [-0.3, -0.25) is 10.1 Å². The summed E-state index contributed by atoms with van der Waals surface area (Å²) in [5.74, 6) is 2.34. The van der Waals surface area contributed by atoms with Crippen LogP contribution in [0.3, 0.4) is 0 Å². The molecule has 0 amide bonds. The molecule has 9 rings (SSSR count). The lowest BCUT2D eigenvalue weighted by molar-refractivity contribution is 0.350. The summed E-state index contributed by atoms with van der Waals surface area (Å²) in [5.41, 5.74) is 2.55. The van der Waals surface area contributed by atoms with E-state index in [0.717, 1.165) is 49.6 Å². The van der Waals surface area contributed by atoms with Gasteiger partial charge in [0.2, 0.25) is 5.13 Å². The Balaban J connectivity index is 1.50. The normalized spacial score (nSPS) is 21.6. The van der Waals surface area contributed by atoms with Gasteiger partial charge in [-0.05, 0) is 35.9 Å². The van der Waals surface area contributed by atoms with Gasteiger partial charge in [-0.25, -0.2) is 34.9 Å². The lowest BCUT2D eigenvalue weighted by Crippen LogP contribution is -2.65. The number of nitrogens with one attached hydrogen (secondary N) is 3. The van der Waals surface area contributed by atoms with Crippen molar-refractivity contribution in [3.05, 3.63) is 131 Å². The lowest BCUT2D eigenvalue weighted by atomic mass is 9.71. The van der Waals surface area contributed by atoms with Crippen LogP contribution in [0, 0.1) is 0 Å². The van der Waals surface area contributed by atoms with Gasteiger partial charge in [0, 0.05) is 60.9 Å². The maximum Gasteiger partial charge on any atom is 0.209 e. The highest BCUT2D eigenvalue weighted by Gasteiger charge is 2.62. The van der Waals surface area contributed by atoms with E-state index >= 15 is 0 Å². The number of benzene rings is 1. The number of H-pyrrole nitrogens is 2. The summed E-state index contributed by atoms with van der Waals surface area (Å²) < 4.78 is 1.09. The van der Waals surface area contributed by atoms with Gasteiger partial charge in [-0.15, -0.1) is 34.4 Å². The molecule has 47 heavy (non-hydrogen) atoms. The summed E-state index contributed by atoms with van der Waals surface area (Å²) in [6.45, 7) is 0.859. The van der Waals surface area contributed by atoms with Crippen molar-refractivity contribution < 1.29 is 0 Å². The molecule has 0 radical (unpaired) electrons. The third-order valence-electron chi connectivity index (χ3n) is 8.31. The molecule has 3 unspecified atom stereocenters. The predicted octanol–water partition coefficient (Wildman–Crippen LogP) is 5.43. The molecule has 3 N–H and O–H groups in total. The molecule has 232 valence electrons. The zero-order chi connectivity index (χ0) is 31.2. The summed E-state index contributed by atoms with van der Waals surface area (Å²) in [5, 5.41) is 19.3. The zero-order valence-electron chi connectivity index (χ0n) is 24.6. The second kappa shape index (κ2) is 11.7. The first-order valence-corrected chi connectivity index (χ1v) is 17.7. The largest absolute Gasteiger partial charge is 0.346 e. The molecule has 12 nitrogen and oxygen atoms in total. The number of aromatic nitrogens is 9. The molecule has 15 heteroatoms. The fourth-order valence-corrected chi connectivity index (χ4v) is 9.37. The molecule has 8 heterocycles. The molecule has 1 aromatic carbocycles. The van der Waals surface area contributed by atoms with Crippen molar-refractivity contribution in [2.45, 2.75) is 16.8 Å². The summed E-state index contributed by atoms with van der Waals surface area (Å²) in [6, 6.07) is 18.1. The topological polar surface area (TPSA) is 140 Å². The Kier molecular flexibility index (Phi) is 7.03. The molecule has 1 fully saturated rings. The van der Waals surface area contributed by atoms with Gasteiger partial charge in [-0.1, -0.05) is 18.2 Å². The SMILES string of the molecule is c1ccc(C2C(C3NCCS3)=C(c3nc4ccccc4s3)N(c3nccs3)N(c3ccn[nH]3)C2(c2ncccn2)c2ncc[nH]2)nc1. The van der Waals surface area contributed by atoms with E-state index < -0.39 is 11.5 Å². The maximum atomic E-state index is 5.28. The Morgan fingerprint density at radius 2 is 1.74 bits per heavy atom. The number of hydrogen-bond acceptors (Lipinski definition) is 13. The monoisotopic (exact) mass is 674 g/mol. The standard InChI is InChI=1S/C32H26N12S3/c1-2-8-22-20(6-1)41-28(47-22)26-24(27-34-16-18-45-27)25(21-7-3-4-10-33-21)32(30-37-14-15-38-30,29-35-11-5-12-36-29)44(23-9-13-40-42-23)43(26)31-39-17-19-46-31/h1-15,17,19,25,27,34H,16,18H2,(H,37,38)(H,40,42). The van der Waals surface area contributed by atoms with Gasteiger partial charge >= 0.3 is 0 Å². The number of pyridine rings is 1. The number of aromatic amines is 2. The van der Waals surface area contributed by atoms with E-state index in [2.05, 4.69) is 54.8 Å². The Morgan fingerprint density at radius 3 is 2.47 bits per heavy atom. The number of thiazole rings is 2. The minimum absolute atomic E-state index is 0.0894. The van der Waals surface area contributed by atoms with Gasteiger partial charge in [0.1, 0.15) is 22.3 Å². The van der Waals surface area contributed by atoms with E-state index in [0.29, 0.717) is 17.5 Å². The number of fused-ring (bicyclic) bond motifs is 1. The van der Waals surface area contributed by atoms with Crippen LogP contribution in [0.15, 0.2) is 109 Å². The predicted molar refractivity (Wildman–Crippen MR) is 185 cm³/mol. The number of hydrogen-bond donors (Lipinski definition) is 3. The van der Waals surface area contributed by atoms with Crippen LogP contribution >= 0.6 is 34.4 Å². The molecule has 0 bridgehead atoms. The van der Waals surface area contributed by atoms with Crippen LogP contribution in [0.4, 0.5) is 10.9 Å². The first-order valence-electron chi connectivity index (χ1n) is 15.0. The number of nitrogens with zero attached hydrogens (tertiary/aromatic N) is 9. The molecular weight excluding hydrogens is 649 g/mol. The minimum atomic E-state index is -1.21. The Bertz CT molecular complexity index is 2090. The average Bonchev–Trinajstić information content (AvgIpc) is 3.98. The molecule has 7 aromatic rings. The summed E-state index contributed by atoms with van der Waals surface area (Å²) in [4.78, 5) is 33.7. The molecule has 0 saturated carbocycles. The minimum Gasteiger partial charge on any atom is -0.346 e. The zero-order valence-corrected chi connectivity index (χ0v) is 27.1. The van der Waals surface area contributed by atoms with Crippen molar-refractivity contribution in [3.63, 3.8) is 0 Å². The number of thioether (sulfide) groups is 1. The lowest BCUT2D eigenvalue weighted by Gasteiger charge is -2.55. The van der Waals surface area contributed by atoms with Gasteiger partial charge in [0.25, 0.3) is 0 Å². The van der Waals surface area contributed by atoms with E-state index in [9.17, 15) is 0 Å². The number of hydrazine groups is 1. The number of anilines is 2. The summed E-state index contributed by atoms with van der Waals surface area (Å²) >= 11 is 5.07. The summed E-state index contributed by atoms with van der Waals surface area (Å²) in [6.07, 6.45) is 12.6. The molecule has 0 spiro atoms. The molecule has 2 aliphatic rings. The highest BCUT2D eigenvalue weighted by Crippen LogP contribution is 2.59. The van der Waals surface area contributed by atoms with Crippen LogP contribution in [0.25, 0.3) is 15.9 Å². The van der Waals surface area contributed by atoms with Crippen LogP contribution in [0.5, 0.6) is 0 Å². The number of para-hydroxylation sites is 1. The third kappa shape index (κ3) is 4.49. The van der Waals surface area contributed by atoms with E-state index in [1.807, 2.05) is 66.1 Å². The Labute approximate surface area is 281 Å². The number of rotatable bonds is 7. The van der Waals surface area contributed by atoms with Crippen molar-refractivity contribution >= 4 is 61.3 Å². The van der Waals surface area contributed by atoms with Crippen molar-refractivity contribution in [3.8, 4) is 0 Å². The highest BCUT2D eigenvalue weighted by molar-refractivity contribution is 8.00. The molecule has 3 atom stereocenters.